The summed E-state index contributed by atoms with van der Waals surface area (Å²) in [5, 5.41) is 42.4. The van der Waals surface area contributed by atoms with Crippen molar-refractivity contribution in [1.29, 1.82) is 0 Å². The Hall–Kier alpha value is -4.34. The average Bonchev–Trinajstić information content (AvgIpc) is 3.38. The highest BCUT2D eigenvalue weighted by atomic mass is 16.6. The van der Waals surface area contributed by atoms with Crippen molar-refractivity contribution in [1.82, 2.24) is 20.4 Å². The molecule has 0 fully saturated rings. The maximum atomic E-state index is 10.5. The minimum absolute atomic E-state index is 0.0233. The molecule has 142 valence electrons. The first-order valence-corrected chi connectivity index (χ1v) is 8.01. The van der Waals surface area contributed by atoms with Crippen molar-refractivity contribution in [2.24, 2.45) is 0 Å². The third-order valence-electron chi connectivity index (χ3n) is 3.79. The molecule has 0 unspecified atom stereocenters. The van der Waals surface area contributed by atoms with Gasteiger partial charge in [0.25, 0.3) is 5.69 Å². The molecule has 0 atom stereocenters. The molecule has 0 saturated carbocycles. The molecule has 0 amide bonds. The lowest BCUT2D eigenvalue weighted by atomic mass is 10.1. The average molecular weight is 380 g/mol. The number of hydrogen-bond donors (Lipinski definition) is 5. The van der Waals surface area contributed by atoms with Crippen LogP contribution in [-0.4, -0.2) is 35.5 Å². The van der Waals surface area contributed by atoms with Gasteiger partial charge < -0.3 is 15.9 Å². The van der Waals surface area contributed by atoms with E-state index >= 15 is 0 Å². The zero-order valence-electron chi connectivity index (χ0n) is 14.4. The monoisotopic (exact) mass is 380 g/mol. The molecule has 10 nitrogen and oxygen atoms in total. The second-order valence-electron chi connectivity index (χ2n) is 5.68. The third kappa shape index (κ3) is 4.07. The van der Waals surface area contributed by atoms with E-state index in [1.54, 1.807) is 36.5 Å². The number of H-pyrrole nitrogens is 2. The number of non-ortho nitro benzene ring substituents is 1. The quantitative estimate of drug-likeness (QED) is 0.157. The molecule has 28 heavy (non-hydrogen) atoms. The van der Waals surface area contributed by atoms with Gasteiger partial charge in [0, 0.05) is 41.3 Å². The summed E-state index contributed by atoms with van der Waals surface area (Å²) >= 11 is 0. The molecule has 0 aliphatic heterocycles. The molecule has 0 saturated heterocycles. The fraction of sp³-hybridized carbons (Fsp3) is 0. The number of aromatic amines is 2. The molecule has 2 heterocycles. The number of rotatable bonds is 3. The Bertz CT molecular complexity index is 1080. The molecule has 0 aliphatic rings. The molecule has 2 aromatic carbocycles. The van der Waals surface area contributed by atoms with Crippen molar-refractivity contribution < 1.29 is 15.1 Å². The van der Waals surface area contributed by atoms with Gasteiger partial charge in [-0.15, -0.1) is 0 Å². The topological polar surface area (TPSA) is 167 Å². The fourth-order valence-electron chi connectivity index (χ4n) is 2.43. The number of nitrogen functional groups attached to an aromatic ring is 1. The summed E-state index contributed by atoms with van der Waals surface area (Å²) in [7, 11) is 0. The normalized spacial score (nSPS) is 10.1. The lowest BCUT2D eigenvalue weighted by molar-refractivity contribution is -0.384. The largest absolute Gasteiger partial charge is 0.507 e. The number of aromatic hydroxyl groups is 2. The molecule has 0 aliphatic carbocycles. The summed E-state index contributed by atoms with van der Waals surface area (Å²) in [4.78, 5) is 10.0. The van der Waals surface area contributed by atoms with Crippen molar-refractivity contribution in [2.45, 2.75) is 0 Å². The van der Waals surface area contributed by atoms with Crippen LogP contribution in [0.4, 0.5) is 11.4 Å². The van der Waals surface area contributed by atoms with Gasteiger partial charge in [-0.1, -0.05) is 0 Å². The molecular weight excluding hydrogens is 364 g/mol. The van der Waals surface area contributed by atoms with Gasteiger partial charge in [0.2, 0.25) is 0 Å². The molecule has 10 heteroatoms. The number of nitrogens with zero attached hydrogens (tertiary/aromatic N) is 3. The van der Waals surface area contributed by atoms with Gasteiger partial charge in [-0.05, 0) is 36.4 Å². The highest BCUT2D eigenvalue weighted by Gasteiger charge is 2.12. The molecule has 2 aromatic heterocycles. The summed E-state index contributed by atoms with van der Waals surface area (Å²) < 4.78 is 0. The van der Waals surface area contributed by atoms with Crippen LogP contribution in [0.1, 0.15) is 0 Å². The Labute approximate surface area is 158 Å². The van der Waals surface area contributed by atoms with Crippen molar-refractivity contribution in [3.05, 3.63) is 71.0 Å². The molecule has 0 bridgehead atoms. The summed E-state index contributed by atoms with van der Waals surface area (Å²) in [6.45, 7) is 0. The van der Waals surface area contributed by atoms with Gasteiger partial charge in [0.15, 0.2) is 0 Å². The predicted octanol–water partition coefficient (Wildman–Crippen LogP) is 3.06. The van der Waals surface area contributed by atoms with Crippen molar-refractivity contribution in [3.63, 3.8) is 0 Å². The van der Waals surface area contributed by atoms with E-state index in [1.807, 2.05) is 0 Å². The minimum atomic E-state index is -0.515. The first-order chi connectivity index (χ1) is 13.5. The van der Waals surface area contributed by atoms with E-state index < -0.39 is 4.92 Å². The number of nitro groups is 1. The Morgan fingerprint density at radius 1 is 0.857 bits per heavy atom. The molecule has 4 rings (SSSR count). The molecular formula is C18H16N6O4. The zero-order valence-corrected chi connectivity index (χ0v) is 14.4. The van der Waals surface area contributed by atoms with Crippen LogP contribution in [0.5, 0.6) is 11.5 Å². The summed E-state index contributed by atoms with van der Waals surface area (Å²) in [5.41, 5.74) is 8.45. The van der Waals surface area contributed by atoms with Gasteiger partial charge >= 0.3 is 0 Å². The highest BCUT2D eigenvalue weighted by molar-refractivity contribution is 5.70. The van der Waals surface area contributed by atoms with Crippen LogP contribution in [-0.2, 0) is 0 Å². The number of phenolic OH excluding ortho intramolecular Hbond substituents is 2. The smallest absolute Gasteiger partial charge is 0.270 e. The van der Waals surface area contributed by atoms with E-state index in [1.165, 1.54) is 24.4 Å². The molecule has 0 spiro atoms. The second kappa shape index (κ2) is 7.91. The molecule has 0 radical (unpaired) electrons. The maximum Gasteiger partial charge on any atom is 0.270 e. The molecule has 6 N–H and O–H groups in total. The van der Waals surface area contributed by atoms with Gasteiger partial charge in [0.1, 0.15) is 11.5 Å². The van der Waals surface area contributed by atoms with Crippen LogP contribution in [0.25, 0.3) is 22.5 Å². The highest BCUT2D eigenvalue weighted by Crippen LogP contribution is 2.31. The Morgan fingerprint density at radius 2 is 1.39 bits per heavy atom. The summed E-state index contributed by atoms with van der Waals surface area (Å²) in [6.07, 6.45) is 3.13. The van der Waals surface area contributed by atoms with Crippen LogP contribution >= 0.6 is 0 Å². The van der Waals surface area contributed by atoms with Crippen LogP contribution in [0.2, 0.25) is 0 Å². The van der Waals surface area contributed by atoms with Crippen molar-refractivity contribution in [2.75, 3.05) is 5.73 Å². The number of phenols is 2. The lowest BCUT2D eigenvalue weighted by Crippen LogP contribution is -1.88. The van der Waals surface area contributed by atoms with Crippen LogP contribution in [0.15, 0.2) is 60.9 Å². The van der Waals surface area contributed by atoms with E-state index in [9.17, 15) is 20.3 Å². The van der Waals surface area contributed by atoms with Gasteiger partial charge in [-0.25, -0.2) is 0 Å². The summed E-state index contributed by atoms with van der Waals surface area (Å²) in [5.74, 6) is 0.170. The second-order valence-corrected chi connectivity index (χ2v) is 5.68. The van der Waals surface area contributed by atoms with Crippen LogP contribution < -0.4 is 5.73 Å². The van der Waals surface area contributed by atoms with Crippen LogP contribution in [0.3, 0.4) is 0 Å². The van der Waals surface area contributed by atoms with Gasteiger partial charge in [-0.2, -0.15) is 10.2 Å². The number of benzene rings is 2. The van der Waals surface area contributed by atoms with E-state index in [-0.39, 0.29) is 17.2 Å². The predicted molar refractivity (Wildman–Crippen MR) is 102 cm³/mol. The Morgan fingerprint density at radius 3 is 1.89 bits per heavy atom. The van der Waals surface area contributed by atoms with E-state index in [0.717, 1.165) is 5.69 Å². The third-order valence-corrected chi connectivity index (χ3v) is 3.79. The lowest BCUT2D eigenvalue weighted by Gasteiger charge is -2.02. The van der Waals surface area contributed by atoms with Crippen molar-refractivity contribution in [3.8, 4) is 34.0 Å². The maximum absolute atomic E-state index is 10.5. The minimum Gasteiger partial charge on any atom is -0.507 e. The SMILES string of the molecule is Nc1ccc(O)c(-c2ccn[nH]2)c1.O=[N+]([O-])c1ccc(O)c(-c2ccn[nH]2)c1. The van der Waals surface area contributed by atoms with E-state index in [2.05, 4.69) is 20.4 Å². The Kier molecular flexibility index (Phi) is 5.21. The van der Waals surface area contributed by atoms with Gasteiger partial charge in [0.05, 0.1) is 16.3 Å². The van der Waals surface area contributed by atoms with Gasteiger partial charge in [-0.3, -0.25) is 20.3 Å². The number of nitrogens with one attached hydrogen (secondary N) is 2. The first-order valence-electron chi connectivity index (χ1n) is 8.01. The summed E-state index contributed by atoms with van der Waals surface area (Å²) in [6, 6.07) is 12.1. The molecule has 4 aromatic rings. The number of nitro benzene ring substituents is 1. The number of nitrogens with two attached hydrogens (primary N) is 1. The number of hydrogen-bond acceptors (Lipinski definition) is 7. The van der Waals surface area contributed by atoms with Crippen molar-refractivity contribution >= 4 is 11.4 Å². The standard InChI is InChI=1S/C9H7N3O3.C9H9N3O/c13-9-2-1-6(12(14)15)5-7(9)8-3-4-10-11-8;10-6-1-2-9(13)7(5-6)8-3-4-11-12-8/h1-5,13H,(H,10,11);1-5,13H,10H2,(H,11,12). The van der Waals surface area contributed by atoms with E-state index in [0.29, 0.717) is 22.5 Å². The Balaban J connectivity index is 0.000000162. The zero-order chi connectivity index (χ0) is 20.1. The first kappa shape index (κ1) is 18.5. The number of anilines is 1. The fourth-order valence-corrected chi connectivity index (χ4v) is 2.43. The van der Waals surface area contributed by atoms with Crippen LogP contribution in [0, 0.1) is 10.1 Å². The number of aromatic nitrogens is 4. The van der Waals surface area contributed by atoms with E-state index in [4.69, 9.17) is 5.73 Å².